The highest BCUT2D eigenvalue weighted by Gasteiger charge is 2.13. The lowest BCUT2D eigenvalue weighted by Gasteiger charge is -2.16. The number of hydrogen-bond donors (Lipinski definition) is 1. The average molecular weight is 799 g/mol. The highest BCUT2D eigenvalue weighted by molar-refractivity contribution is 5.69. The van der Waals surface area contributed by atoms with Gasteiger partial charge in [0.25, 0.3) is 0 Å². The van der Waals surface area contributed by atoms with E-state index in [1.807, 2.05) is 0 Å². The number of hydrogen-bond acceptors (Lipinski definition) is 4. The summed E-state index contributed by atoms with van der Waals surface area (Å²) >= 11 is 0. The fourth-order valence-corrected chi connectivity index (χ4v) is 7.33. The smallest absolute Gasteiger partial charge is 0.306 e. The van der Waals surface area contributed by atoms with Crippen molar-refractivity contribution in [2.45, 2.75) is 264 Å². The van der Waals surface area contributed by atoms with Crippen LogP contribution in [0.25, 0.3) is 0 Å². The van der Waals surface area contributed by atoms with Crippen LogP contribution in [-0.2, 0) is 14.3 Å². The normalized spacial score (nSPS) is 12.7. The van der Waals surface area contributed by atoms with Gasteiger partial charge in [-0.2, -0.15) is 0 Å². The lowest BCUT2D eigenvalue weighted by Crippen LogP contribution is -2.27. The lowest BCUT2D eigenvalue weighted by molar-refractivity contribution is -0.154. The van der Waals surface area contributed by atoms with Gasteiger partial charge in [-0.05, 0) is 77.0 Å². The number of unbranched alkanes of at least 4 members (excludes halogenated alkanes) is 31. The monoisotopic (exact) mass is 799 g/mol. The number of aliphatic hydroxyl groups excluding tert-OH is 1. The fraction of sp³-hybridized carbons (Fsp3) is 0.830. The molecule has 0 rings (SSSR count). The summed E-state index contributed by atoms with van der Waals surface area (Å²) in [5.41, 5.74) is 0. The van der Waals surface area contributed by atoms with Crippen molar-refractivity contribution in [2.24, 2.45) is 0 Å². The Hall–Kier alpha value is -1.65. The molecular weight excluding hydrogens is 701 g/mol. The van der Waals surface area contributed by atoms with Crippen LogP contribution in [0, 0.1) is 0 Å². The first-order chi connectivity index (χ1) is 28.2. The van der Waals surface area contributed by atoms with Gasteiger partial charge >= 0.3 is 5.97 Å². The Bertz CT molecular complexity index is 889. The number of aliphatic hydroxyl groups is 1. The molecule has 0 aromatic rings. The van der Waals surface area contributed by atoms with E-state index in [0.29, 0.717) is 19.6 Å². The van der Waals surface area contributed by atoms with Crippen LogP contribution in [0.2, 0.25) is 0 Å². The summed E-state index contributed by atoms with van der Waals surface area (Å²) in [4.78, 5) is 12.3. The lowest BCUT2D eigenvalue weighted by atomic mass is 10.0. The van der Waals surface area contributed by atoms with E-state index < -0.39 is 6.10 Å². The molecule has 0 radical (unpaired) electrons. The van der Waals surface area contributed by atoms with Gasteiger partial charge in [0.1, 0.15) is 6.10 Å². The van der Waals surface area contributed by atoms with Crippen molar-refractivity contribution in [3.05, 3.63) is 48.6 Å². The van der Waals surface area contributed by atoms with Gasteiger partial charge in [-0.25, -0.2) is 0 Å². The van der Waals surface area contributed by atoms with Gasteiger partial charge in [0.05, 0.1) is 13.2 Å². The van der Waals surface area contributed by atoms with Gasteiger partial charge in [-0.1, -0.05) is 223 Å². The molecule has 0 aliphatic carbocycles. The first kappa shape index (κ1) is 55.4. The van der Waals surface area contributed by atoms with Gasteiger partial charge in [0.15, 0.2) is 0 Å². The summed E-state index contributed by atoms with van der Waals surface area (Å²) in [6.07, 6.45) is 66.2. The summed E-state index contributed by atoms with van der Waals surface area (Å²) in [7, 11) is 0. The molecule has 4 heteroatoms. The van der Waals surface area contributed by atoms with E-state index in [1.54, 1.807) is 0 Å². The van der Waals surface area contributed by atoms with Crippen molar-refractivity contribution in [1.82, 2.24) is 0 Å². The third-order valence-electron chi connectivity index (χ3n) is 11.1. The Balaban J connectivity index is 3.41. The minimum absolute atomic E-state index is 0.173. The molecule has 0 spiro atoms. The summed E-state index contributed by atoms with van der Waals surface area (Å²) in [6, 6.07) is 0. The van der Waals surface area contributed by atoms with Crippen molar-refractivity contribution in [1.29, 1.82) is 0 Å². The molecule has 1 N–H and O–H groups in total. The molecule has 0 aliphatic rings. The van der Waals surface area contributed by atoms with E-state index in [4.69, 9.17) is 9.47 Å². The van der Waals surface area contributed by atoms with Gasteiger partial charge in [0, 0.05) is 13.0 Å². The number of carbonyl (C=O) groups excluding carboxylic acids is 1. The predicted octanol–water partition coefficient (Wildman–Crippen LogP) is 17.0. The predicted molar refractivity (Wildman–Crippen MR) is 251 cm³/mol. The maximum Gasteiger partial charge on any atom is 0.306 e. The van der Waals surface area contributed by atoms with Crippen LogP contribution >= 0.6 is 0 Å². The van der Waals surface area contributed by atoms with Gasteiger partial charge in [-0.3, -0.25) is 4.79 Å². The standard InChI is InChI=1S/C53H98O4/c1-3-5-7-9-11-13-15-17-19-21-23-25-26-27-29-31-33-35-37-39-41-43-45-47-49-56-51-52(50-54)57-53(55)48-46-44-42-40-38-36-34-32-30-28-24-22-20-18-16-14-12-10-8-6-4-2/h15-18,21-24,52,54H,3-14,19-20,25-51H2,1-2H3/b17-15-,18-16-,23-21-,24-22-. The Labute approximate surface area is 356 Å². The molecule has 0 saturated heterocycles. The van der Waals surface area contributed by atoms with Gasteiger partial charge in [0.2, 0.25) is 0 Å². The van der Waals surface area contributed by atoms with Crippen molar-refractivity contribution < 1.29 is 19.4 Å². The molecule has 0 aromatic heterocycles. The van der Waals surface area contributed by atoms with Crippen LogP contribution < -0.4 is 0 Å². The molecule has 0 aliphatic heterocycles. The molecule has 57 heavy (non-hydrogen) atoms. The third-order valence-corrected chi connectivity index (χ3v) is 11.1. The summed E-state index contributed by atoms with van der Waals surface area (Å²) in [5, 5.41) is 9.65. The zero-order valence-electron chi connectivity index (χ0n) is 38.4. The van der Waals surface area contributed by atoms with E-state index in [2.05, 4.69) is 62.5 Å². The minimum Gasteiger partial charge on any atom is -0.457 e. The van der Waals surface area contributed by atoms with Crippen LogP contribution in [0.5, 0.6) is 0 Å². The zero-order chi connectivity index (χ0) is 41.2. The van der Waals surface area contributed by atoms with Crippen molar-refractivity contribution in [2.75, 3.05) is 19.8 Å². The maximum absolute atomic E-state index is 12.3. The SMILES string of the molecule is CCCCCCC/C=C\C/C=C\CCCCCCCCCCCCCCOCC(CO)OC(=O)CCCCCCCCCCC/C=C\C/C=C\CCCCCCC. The second-order valence-corrected chi connectivity index (χ2v) is 16.9. The zero-order valence-corrected chi connectivity index (χ0v) is 38.4. The van der Waals surface area contributed by atoms with E-state index >= 15 is 0 Å². The molecule has 0 heterocycles. The van der Waals surface area contributed by atoms with E-state index in [9.17, 15) is 9.90 Å². The van der Waals surface area contributed by atoms with Crippen LogP contribution in [0.15, 0.2) is 48.6 Å². The van der Waals surface area contributed by atoms with Crippen molar-refractivity contribution in [3.8, 4) is 0 Å². The molecule has 4 nitrogen and oxygen atoms in total. The quantitative estimate of drug-likeness (QED) is 0.0378. The van der Waals surface area contributed by atoms with Gasteiger partial charge < -0.3 is 14.6 Å². The van der Waals surface area contributed by atoms with Gasteiger partial charge in [-0.15, -0.1) is 0 Å². The minimum atomic E-state index is -0.538. The molecule has 0 saturated carbocycles. The second-order valence-electron chi connectivity index (χ2n) is 16.9. The molecule has 334 valence electrons. The fourth-order valence-electron chi connectivity index (χ4n) is 7.33. The molecule has 0 amide bonds. The first-order valence-corrected chi connectivity index (χ1v) is 25.2. The molecule has 1 atom stereocenters. The molecule has 0 aromatic carbocycles. The van der Waals surface area contributed by atoms with Crippen LogP contribution in [0.1, 0.15) is 258 Å². The second kappa shape index (κ2) is 50.5. The number of rotatable bonds is 47. The number of carbonyl (C=O) groups is 1. The summed E-state index contributed by atoms with van der Waals surface area (Å²) in [6.45, 7) is 5.35. The largest absolute Gasteiger partial charge is 0.457 e. The van der Waals surface area contributed by atoms with Crippen LogP contribution in [0.4, 0.5) is 0 Å². The number of ether oxygens (including phenoxy) is 2. The summed E-state index contributed by atoms with van der Waals surface area (Å²) in [5.74, 6) is -0.203. The first-order valence-electron chi connectivity index (χ1n) is 25.2. The Morgan fingerprint density at radius 2 is 0.737 bits per heavy atom. The molecule has 0 fully saturated rings. The third kappa shape index (κ3) is 48.6. The van der Waals surface area contributed by atoms with E-state index in [1.165, 1.54) is 205 Å². The Kier molecular flexibility index (Phi) is 49.0. The highest BCUT2D eigenvalue weighted by Crippen LogP contribution is 2.15. The maximum atomic E-state index is 12.3. The summed E-state index contributed by atoms with van der Waals surface area (Å²) < 4.78 is 11.2. The van der Waals surface area contributed by atoms with E-state index in [0.717, 1.165) is 32.1 Å². The Morgan fingerprint density at radius 1 is 0.421 bits per heavy atom. The average Bonchev–Trinajstić information content (AvgIpc) is 3.22. The van der Waals surface area contributed by atoms with Crippen molar-refractivity contribution in [3.63, 3.8) is 0 Å². The number of allylic oxidation sites excluding steroid dienone is 8. The molecule has 0 bridgehead atoms. The topological polar surface area (TPSA) is 55.8 Å². The van der Waals surface area contributed by atoms with Crippen molar-refractivity contribution >= 4 is 5.97 Å². The van der Waals surface area contributed by atoms with Crippen LogP contribution in [-0.4, -0.2) is 37.0 Å². The molecular formula is C53H98O4. The Morgan fingerprint density at radius 3 is 1.09 bits per heavy atom. The highest BCUT2D eigenvalue weighted by atomic mass is 16.6. The molecule has 1 unspecified atom stereocenters. The van der Waals surface area contributed by atoms with E-state index in [-0.39, 0.29) is 12.6 Å². The number of esters is 1. The van der Waals surface area contributed by atoms with Crippen LogP contribution in [0.3, 0.4) is 0 Å².